The van der Waals surface area contributed by atoms with Gasteiger partial charge in [0.1, 0.15) is 0 Å². The summed E-state index contributed by atoms with van der Waals surface area (Å²) >= 11 is 0. The minimum Gasteiger partial charge on any atom is -0.393 e. The van der Waals surface area contributed by atoms with E-state index in [1.165, 1.54) is 11.1 Å². The molecule has 2 aromatic carbocycles. The molecule has 1 aliphatic carbocycles. The zero-order valence-corrected chi connectivity index (χ0v) is 14.4. The number of benzene rings is 2. The van der Waals surface area contributed by atoms with E-state index in [9.17, 15) is 5.11 Å². The summed E-state index contributed by atoms with van der Waals surface area (Å²) in [6.07, 6.45) is 2.74. The molecule has 2 heteroatoms. The van der Waals surface area contributed by atoms with Gasteiger partial charge in [0.25, 0.3) is 0 Å². The second kappa shape index (κ2) is 7.33. The van der Waals surface area contributed by atoms with Crippen molar-refractivity contribution >= 4 is 0 Å². The van der Waals surface area contributed by atoms with E-state index in [0.717, 1.165) is 26.1 Å². The molecule has 0 amide bonds. The predicted octanol–water partition coefficient (Wildman–Crippen LogP) is 4.26. The van der Waals surface area contributed by atoms with Crippen molar-refractivity contribution in [3.63, 3.8) is 0 Å². The number of nitrogens with zero attached hydrogens (tertiary/aromatic N) is 1. The van der Waals surface area contributed by atoms with Crippen molar-refractivity contribution in [2.24, 2.45) is 11.3 Å². The zero-order chi connectivity index (χ0) is 17.0. The fraction of sp³-hybridized carbons (Fsp3) is 0.364. The summed E-state index contributed by atoms with van der Waals surface area (Å²) in [7, 11) is 0. The molecule has 0 aliphatic heterocycles. The zero-order valence-electron chi connectivity index (χ0n) is 14.4. The third kappa shape index (κ3) is 3.77. The molecule has 3 unspecified atom stereocenters. The van der Waals surface area contributed by atoms with Crippen LogP contribution in [-0.2, 0) is 13.1 Å². The molecule has 3 rings (SSSR count). The van der Waals surface area contributed by atoms with Crippen LogP contribution in [0.15, 0.2) is 73.3 Å². The first kappa shape index (κ1) is 16.9. The molecule has 1 fully saturated rings. The summed E-state index contributed by atoms with van der Waals surface area (Å²) in [5, 5.41) is 10.4. The SMILES string of the molecule is C=CC1CC1(CN(Cc1ccccc1)Cc1ccccc1)C(C)O. The third-order valence-electron chi connectivity index (χ3n) is 5.31. The van der Waals surface area contributed by atoms with E-state index >= 15 is 0 Å². The molecule has 0 aromatic heterocycles. The van der Waals surface area contributed by atoms with Gasteiger partial charge in [0.15, 0.2) is 0 Å². The average molecular weight is 321 g/mol. The molecule has 1 aliphatic rings. The van der Waals surface area contributed by atoms with Gasteiger partial charge in [-0.05, 0) is 30.4 Å². The van der Waals surface area contributed by atoms with Crippen LogP contribution in [0.1, 0.15) is 24.5 Å². The molecule has 0 saturated heterocycles. The summed E-state index contributed by atoms with van der Waals surface area (Å²) in [5.74, 6) is 0.423. The maximum absolute atomic E-state index is 10.4. The van der Waals surface area contributed by atoms with E-state index in [0.29, 0.717) is 5.92 Å². The Kier molecular flexibility index (Phi) is 5.17. The van der Waals surface area contributed by atoms with Crippen LogP contribution < -0.4 is 0 Å². The highest BCUT2D eigenvalue weighted by molar-refractivity contribution is 5.19. The lowest BCUT2D eigenvalue weighted by Gasteiger charge is -2.30. The molecular formula is C22H27NO. The molecule has 24 heavy (non-hydrogen) atoms. The molecule has 1 saturated carbocycles. The minimum absolute atomic E-state index is 0.0364. The smallest absolute Gasteiger partial charge is 0.0586 e. The van der Waals surface area contributed by atoms with Gasteiger partial charge in [0.2, 0.25) is 0 Å². The second-order valence-electron chi connectivity index (χ2n) is 7.07. The van der Waals surface area contributed by atoms with E-state index < -0.39 is 0 Å². The molecular weight excluding hydrogens is 294 g/mol. The van der Waals surface area contributed by atoms with Gasteiger partial charge in [-0.15, -0.1) is 6.58 Å². The highest BCUT2D eigenvalue weighted by Crippen LogP contribution is 2.56. The highest BCUT2D eigenvalue weighted by Gasteiger charge is 2.56. The molecule has 1 N–H and O–H groups in total. The summed E-state index contributed by atoms with van der Waals surface area (Å²) in [5.41, 5.74) is 2.58. The van der Waals surface area contributed by atoms with Crippen molar-refractivity contribution in [2.45, 2.75) is 32.5 Å². The van der Waals surface area contributed by atoms with Crippen LogP contribution in [0.25, 0.3) is 0 Å². The van der Waals surface area contributed by atoms with E-state index in [2.05, 4.69) is 72.1 Å². The predicted molar refractivity (Wildman–Crippen MR) is 99.4 cm³/mol. The quantitative estimate of drug-likeness (QED) is 0.734. The lowest BCUT2D eigenvalue weighted by Crippen LogP contribution is -2.36. The Labute approximate surface area is 145 Å². The topological polar surface area (TPSA) is 23.5 Å². The normalized spacial score (nSPS) is 23.9. The highest BCUT2D eigenvalue weighted by atomic mass is 16.3. The number of hydrogen-bond donors (Lipinski definition) is 1. The van der Waals surface area contributed by atoms with Crippen LogP contribution >= 0.6 is 0 Å². The maximum Gasteiger partial charge on any atom is 0.0586 e. The summed E-state index contributed by atoms with van der Waals surface area (Å²) in [6.45, 7) is 8.56. The van der Waals surface area contributed by atoms with Crippen LogP contribution in [0, 0.1) is 11.3 Å². The summed E-state index contributed by atoms with van der Waals surface area (Å²) < 4.78 is 0. The van der Waals surface area contributed by atoms with Crippen LogP contribution in [0.3, 0.4) is 0 Å². The van der Waals surface area contributed by atoms with Crippen molar-refractivity contribution in [3.05, 3.63) is 84.4 Å². The molecule has 0 radical (unpaired) electrons. The van der Waals surface area contributed by atoms with Gasteiger partial charge in [0.05, 0.1) is 6.10 Å². The molecule has 126 valence electrons. The van der Waals surface area contributed by atoms with Crippen LogP contribution in [0.4, 0.5) is 0 Å². The van der Waals surface area contributed by atoms with Crippen molar-refractivity contribution in [1.82, 2.24) is 4.90 Å². The van der Waals surface area contributed by atoms with Crippen molar-refractivity contribution in [1.29, 1.82) is 0 Å². The number of aliphatic hydroxyl groups is 1. The fourth-order valence-corrected chi connectivity index (χ4v) is 3.73. The number of hydrogen-bond acceptors (Lipinski definition) is 2. The Balaban J connectivity index is 1.78. The molecule has 2 aromatic rings. The van der Waals surface area contributed by atoms with Gasteiger partial charge < -0.3 is 5.11 Å². The van der Waals surface area contributed by atoms with Gasteiger partial charge in [0, 0.05) is 25.0 Å². The molecule has 3 atom stereocenters. The first-order valence-corrected chi connectivity index (χ1v) is 8.75. The summed E-state index contributed by atoms with van der Waals surface area (Å²) in [6, 6.07) is 21.1. The summed E-state index contributed by atoms with van der Waals surface area (Å²) in [4.78, 5) is 2.46. The minimum atomic E-state index is -0.311. The standard InChI is InChI=1S/C22H27NO/c1-3-21-14-22(21,18(2)24)17-23(15-19-10-6-4-7-11-19)16-20-12-8-5-9-13-20/h3-13,18,21,24H,1,14-17H2,2H3. The van der Waals surface area contributed by atoms with Gasteiger partial charge in [-0.1, -0.05) is 66.7 Å². The second-order valence-corrected chi connectivity index (χ2v) is 7.07. The Morgan fingerprint density at radius 1 is 1.08 bits per heavy atom. The molecule has 0 heterocycles. The van der Waals surface area contributed by atoms with Gasteiger partial charge in [-0.25, -0.2) is 0 Å². The molecule has 0 bridgehead atoms. The average Bonchev–Trinajstić information content (AvgIpc) is 3.31. The Bertz CT molecular complexity index is 611. The van der Waals surface area contributed by atoms with Crippen LogP contribution in [0.5, 0.6) is 0 Å². The van der Waals surface area contributed by atoms with Crippen molar-refractivity contribution in [2.75, 3.05) is 6.54 Å². The maximum atomic E-state index is 10.4. The largest absolute Gasteiger partial charge is 0.393 e. The Hall–Kier alpha value is -1.90. The fourth-order valence-electron chi connectivity index (χ4n) is 3.73. The Morgan fingerprint density at radius 3 is 1.96 bits per heavy atom. The van der Waals surface area contributed by atoms with E-state index in [-0.39, 0.29) is 11.5 Å². The Morgan fingerprint density at radius 2 is 1.58 bits per heavy atom. The van der Waals surface area contributed by atoms with E-state index in [1.807, 2.05) is 13.0 Å². The van der Waals surface area contributed by atoms with E-state index in [4.69, 9.17) is 0 Å². The van der Waals surface area contributed by atoms with Crippen LogP contribution in [0.2, 0.25) is 0 Å². The lowest BCUT2D eigenvalue weighted by atomic mass is 9.95. The van der Waals surface area contributed by atoms with Crippen LogP contribution in [-0.4, -0.2) is 22.7 Å². The molecule has 2 nitrogen and oxygen atoms in total. The molecule has 0 spiro atoms. The van der Waals surface area contributed by atoms with Gasteiger partial charge >= 0.3 is 0 Å². The monoisotopic (exact) mass is 321 g/mol. The lowest BCUT2D eigenvalue weighted by molar-refractivity contribution is 0.0657. The number of rotatable bonds is 8. The third-order valence-corrected chi connectivity index (χ3v) is 5.31. The van der Waals surface area contributed by atoms with Gasteiger partial charge in [-0.2, -0.15) is 0 Å². The van der Waals surface area contributed by atoms with Crippen molar-refractivity contribution < 1.29 is 5.11 Å². The number of allylic oxidation sites excluding steroid dienone is 1. The van der Waals surface area contributed by atoms with Gasteiger partial charge in [-0.3, -0.25) is 4.90 Å². The first-order chi connectivity index (χ1) is 11.6. The first-order valence-electron chi connectivity index (χ1n) is 8.75. The number of aliphatic hydroxyl groups excluding tert-OH is 1. The van der Waals surface area contributed by atoms with Crippen molar-refractivity contribution in [3.8, 4) is 0 Å². The van der Waals surface area contributed by atoms with E-state index in [1.54, 1.807) is 0 Å².